The van der Waals surface area contributed by atoms with Crippen molar-refractivity contribution in [2.75, 3.05) is 5.32 Å². The van der Waals surface area contributed by atoms with Crippen LogP contribution in [-0.2, 0) is 0 Å². The predicted molar refractivity (Wildman–Crippen MR) is 117 cm³/mol. The highest BCUT2D eigenvalue weighted by Crippen LogP contribution is 2.34. The summed E-state index contributed by atoms with van der Waals surface area (Å²) in [7, 11) is 0. The summed E-state index contributed by atoms with van der Waals surface area (Å²) in [6.07, 6.45) is 8.25. The van der Waals surface area contributed by atoms with Crippen LogP contribution in [0, 0.1) is 6.92 Å². The SMILES string of the molecule is Cc1ccnc2nc(C(=O)Nc3nc(-c4ccc(C5CCCCC5)cc4)cs3)nn12. The number of carbonyl (C=O) groups is 1. The van der Waals surface area contributed by atoms with Crippen LogP contribution >= 0.6 is 11.3 Å². The third kappa shape index (κ3) is 3.70. The van der Waals surface area contributed by atoms with Gasteiger partial charge < -0.3 is 0 Å². The van der Waals surface area contributed by atoms with Crippen LogP contribution in [0.5, 0.6) is 0 Å². The molecule has 152 valence electrons. The smallest absolute Gasteiger partial charge is 0.295 e. The number of amides is 1. The molecular formula is C22H22N6OS. The van der Waals surface area contributed by atoms with E-state index in [4.69, 9.17) is 0 Å². The average Bonchev–Trinajstić information content (AvgIpc) is 3.43. The van der Waals surface area contributed by atoms with Gasteiger partial charge in [-0.25, -0.2) is 14.5 Å². The second-order valence-corrected chi connectivity index (χ2v) is 8.54. The Labute approximate surface area is 178 Å². The fourth-order valence-corrected chi connectivity index (χ4v) is 4.70. The van der Waals surface area contributed by atoms with Crippen molar-refractivity contribution in [3.05, 3.63) is 59.0 Å². The van der Waals surface area contributed by atoms with E-state index in [1.54, 1.807) is 10.7 Å². The van der Waals surface area contributed by atoms with Crippen LogP contribution in [-0.4, -0.2) is 30.5 Å². The Balaban J connectivity index is 1.30. The Kier molecular flexibility index (Phi) is 5.00. The topological polar surface area (TPSA) is 85.1 Å². The van der Waals surface area contributed by atoms with Gasteiger partial charge in [0.2, 0.25) is 5.82 Å². The summed E-state index contributed by atoms with van der Waals surface area (Å²) in [5.41, 5.74) is 4.19. The molecule has 30 heavy (non-hydrogen) atoms. The molecule has 1 aliphatic rings. The first kappa shape index (κ1) is 18.9. The lowest BCUT2D eigenvalue weighted by Gasteiger charge is -2.22. The van der Waals surface area contributed by atoms with Gasteiger partial charge in [-0.2, -0.15) is 4.98 Å². The van der Waals surface area contributed by atoms with Crippen LogP contribution in [0.1, 0.15) is 59.9 Å². The van der Waals surface area contributed by atoms with E-state index in [-0.39, 0.29) is 5.82 Å². The maximum Gasteiger partial charge on any atom is 0.297 e. The number of aryl methyl sites for hydroxylation is 1. The summed E-state index contributed by atoms with van der Waals surface area (Å²) in [5.74, 6) is 0.769. The first-order chi connectivity index (χ1) is 14.7. The van der Waals surface area contributed by atoms with Gasteiger partial charge in [-0.15, -0.1) is 16.4 Å². The quantitative estimate of drug-likeness (QED) is 0.512. The summed E-state index contributed by atoms with van der Waals surface area (Å²) in [5, 5.41) is 9.50. The van der Waals surface area contributed by atoms with Crippen molar-refractivity contribution in [3.8, 4) is 11.3 Å². The van der Waals surface area contributed by atoms with E-state index < -0.39 is 5.91 Å². The van der Waals surface area contributed by atoms with Crippen LogP contribution < -0.4 is 5.32 Å². The molecule has 3 aromatic heterocycles. The Morgan fingerprint density at radius 1 is 1.10 bits per heavy atom. The van der Waals surface area contributed by atoms with Gasteiger partial charge >= 0.3 is 0 Å². The Morgan fingerprint density at radius 2 is 1.90 bits per heavy atom. The average molecular weight is 419 g/mol. The highest BCUT2D eigenvalue weighted by molar-refractivity contribution is 7.14. The molecule has 0 aliphatic heterocycles. The summed E-state index contributed by atoms with van der Waals surface area (Å²) in [6.45, 7) is 1.89. The molecule has 0 atom stereocenters. The molecule has 1 fully saturated rings. The van der Waals surface area contributed by atoms with Gasteiger partial charge in [-0.1, -0.05) is 43.5 Å². The molecule has 3 heterocycles. The van der Waals surface area contributed by atoms with Gasteiger partial charge in [0.15, 0.2) is 5.13 Å². The van der Waals surface area contributed by atoms with Gasteiger partial charge in [-0.3, -0.25) is 10.1 Å². The Bertz CT molecular complexity index is 1190. The maximum absolute atomic E-state index is 12.5. The lowest BCUT2D eigenvalue weighted by atomic mass is 9.84. The van der Waals surface area contributed by atoms with Gasteiger partial charge in [0, 0.05) is 22.8 Å². The second kappa shape index (κ2) is 7.95. The molecule has 1 N–H and O–H groups in total. The molecule has 1 aromatic carbocycles. The third-order valence-electron chi connectivity index (χ3n) is 5.64. The molecule has 8 heteroatoms. The molecular weight excluding hydrogens is 396 g/mol. The van der Waals surface area contributed by atoms with Crippen molar-refractivity contribution in [3.63, 3.8) is 0 Å². The summed E-state index contributed by atoms with van der Waals surface area (Å²) in [4.78, 5) is 25.4. The van der Waals surface area contributed by atoms with Gasteiger partial charge in [0.25, 0.3) is 11.7 Å². The van der Waals surface area contributed by atoms with Crippen LogP contribution in [0.3, 0.4) is 0 Å². The number of nitrogens with zero attached hydrogens (tertiary/aromatic N) is 5. The number of benzene rings is 1. The number of hydrogen-bond donors (Lipinski definition) is 1. The van der Waals surface area contributed by atoms with E-state index in [9.17, 15) is 4.79 Å². The number of rotatable bonds is 4. The van der Waals surface area contributed by atoms with Crippen molar-refractivity contribution >= 4 is 28.2 Å². The Morgan fingerprint density at radius 3 is 2.67 bits per heavy atom. The van der Waals surface area contributed by atoms with E-state index in [1.165, 1.54) is 49.0 Å². The first-order valence-electron chi connectivity index (χ1n) is 10.2. The molecule has 1 amide bonds. The van der Waals surface area contributed by atoms with Crippen molar-refractivity contribution in [1.29, 1.82) is 0 Å². The van der Waals surface area contributed by atoms with Gasteiger partial charge in [-0.05, 0) is 37.3 Å². The molecule has 1 saturated carbocycles. The zero-order valence-electron chi connectivity index (χ0n) is 16.7. The maximum atomic E-state index is 12.5. The highest BCUT2D eigenvalue weighted by atomic mass is 32.1. The minimum atomic E-state index is -0.395. The monoisotopic (exact) mass is 418 g/mol. The third-order valence-corrected chi connectivity index (χ3v) is 6.40. The standard InChI is InChI=1S/C22H22N6OS/c1-14-11-12-23-21-25-19(27-28(14)21)20(29)26-22-24-18(13-30-22)17-9-7-16(8-10-17)15-5-3-2-4-6-15/h7-13,15H,2-6H2,1H3,(H,24,26,29). The van der Waals surface area contributed by atoms with E-state index in [0.29, 0.717) is 16.8 Å². The molecule has 4 aromatic rings. The molecule has 0 radical (unpaired) electrons. The molecule has 0 saturated heterocycles. The number of fused-ring (bicyclic) bond motifs is 1. The second-order valence-electron chi connectivity index (χ2n) is 7.68. The van der Waals surface area contributed by atoms with Crippen molar-refractivity contribution in [1.82, 2.24) is 24.6 Å². The summed E-state index contributed by atoms with van der Waals surface area (Å²) < 4.78 is 1.55. The lowest BCUT2D eigenvalue weighted by molar-refractivity contribution is 0.101. The van der Waals surface area contributed by atoms with Gasteiger partial charge in [0.05, 0.1) is 5.69 Å². The highest BCUT2D eigenvalue weighted by Gasteiger charge is 2.17. The number of anilines is 1. The number of aromatic nitrogens is 5. The number of hydrogen-bond acceptors (Lipinski definition) is 6. The van der Waals surface area contributed by atoms with E-state index in [0.717, 1.165) is 17.0 Å². The molecule has 7 nitrogen and oxygen atoms in total. The fourth-order valence-electron chi connectivity index (χ4n) is 3.98. The minimum Gasteiger partial charge on any atom is -0.295 e. The number of thiazole rings is 1. The van der Waals surface area contributed by atoms with E-state index >= 15 is 0 Å². The van der Waals surface area contributed by atoms with E-state index in [1.807, 2.05) is 18.4 Å². The van der Waals surface area contributed by atoms with E-state index in [2.05, 4.69) is 49.6 Å². The zero-order valence-corrected chi connectivity index (χ0v) is 17.5. The van der Waals surface area contributed by atoms with Crippen LogP contribution in [0.25, 0.3) is 17.0 Å². The van der Waals surface area contributed by atoms with Crippen molar-refractivity contribution in [2.24, 2.45) is 0 Å². The minimum absolute atomic E-state index is 0.0744. The predicted octanol–water partition coefficient (Wildman–Crippen LogP) is 4.86. The Hall–Kier alpha value is -3.13. The first-order valence-corrected chi connectivity index (χ1v) is 11.1. The van der Waals surface area contributed by atoms with Crippen LogP contribution in [0.4, 0.5) is 5.13 Å². The molecule has 0 unspecified atom stereocenters. The van der Waals surface area contributed by atoms with Crippen molar-refractivity contribution in [2.45, 2.75) is 44.9 Å². The van der Waals surface area contributed by atoms with Crippen molar-refractivity contribution < 1.29 is 4.79 Å². The molecule has 0 spiro atoms. The molecule has 0 bridgehead atoms. The zero-order chi connectivity index (χ0) is 20.5. The number of carbonyl (C=O) groups excluding carboxylic acids is 1. The van der Waals surface area contributed by atoms with Crippen LogP contribution in [0.15, 0.2) is 41.9 Å². The molecule has 1 aliphatic carbocycles. The normalized spacial score (nSPS) is 14.8. The van der Waals surface area contributed by atoms with Gasteiger partial charge in [0.1, 0.15) is 0 Å². The fraction of sp³-hybridized carbons (Fsp3) is 0.318. The molecule has 5 rings (SSSR count). The largest absolute Gasteiger partial charge is 0.297 e. The number of nitrogens with one attached hydrogen (secondary N) is 1. The lowest BCUT2D eigenvalue weighted by Crippen LogP contribution is -2.13. The summed E-state index contributed by atoms with van der Waals surface area (Å²) >= 11 is 1.39. The van der Waals surface area contributed by atoms with Crippen LogP contribution in [0.2, 0.25) is 0 Å². The summed E-state index contributed by atoms with van der Waals surface area (Å²) in [6, 6.07) is 10.5.